The summed E-state index contributed by atoms with van der Waals surface area (Å²) in [5.74, 6) is 0.236. The zero-order chi connectivity index (χ0) is 16.1. The van der Waals surface area contributed by atoms with Gasteiger partial charge in [-0.3, -0.25) is 4.79 Å². The largest absolute Gasteiger partial charge is 0.482 e. The maximum atomic E-state index is 12.2. The molecule has 7 heteroatoms. The molecule has 0 aliphatic rings. The Morgan fingerprint density at radius 3 is 2.77 bits per heavy atom. The van der Waals surface area contributed by atoms with Crippen molar-refractivity contribution in [2.24, 2.45) is 0 Å². The van der Waals surface area contributed by atoms with Gasteiger partial charge in [0.05, 0.1) is 16.8 Å². The Kier molecular flexibility index (Phi) is 5.57. The van der Waals surface area contributed by atoms with Crippen molar-refractivity contribution < 1.29 is 9.53 Å². The number of likely N-dealkylation sites (N-methyl/N-ethyl adjacent to an activating group) is 1. The van der Waals surface area contributed by atoms with Crippen molar-refractivity contribution in [2.45, 2.75) is 13.0 Å². The summed E-state index contributed by atoms with van der Waals surface area (Å²) in [7, 11) is 1.70. The number of halogens is 2. The van der Waals surface area contributed by atoms with Crippen LogP contribution in [0, 0.1) is 0 Å². The van der Waals surface area contributed by atoms with Crippen LogP contribution in [0.25, 0.3) is 0 Å². The second-order valence-electron chi connectivity index (χ2n) is 4.68. The molecular formula is C15H15Cl2N3O2. The Bertz CT molecular complexity index is 652. The minimum atomic E-state index is -0.183. The summed E-state index contributed by atoms with van der Waals surface area (Å²) in [4.78, 5) is 21.8. The molecule has 116 valence electrons. The highest BCUT2D eigenvalue weighted by molar-refractivity contribution is 6.35. The first kappa shape index (κ1) is 16.5. The van der Waals surface area contributed by atoms with Gasteiger partial charge in [0.15, 0.2) is 6.61 Å². The third-order valence-electron chi connectivity index (χ3n) is 3.25. The summed E-state index contributed by atoms with van der Waals surface area (Å²) < 4.78 is 5.45. The minimum Gasteiger partial charge on any atom is -0.482 e. The second kappa shape index (κ2) is 7.42. The van der Waals surface area contributed by atoms with Crippen LogP contribution < -0.4 is 4.74 Å². The predicted octanol–water partition coefficient (Wildman–Crippen LogP) is 3.38. The lowest BCUT2D eigenvalue weighted by Crippen LogP contribution is -2.34. The minimum absolute atomic E-state index is 0.118. The molecule has 1 amide bonds. The monoisotopic (exact) mass is 339 g/mol. The molecule has 2 aromatic rings. The van der Waals surface area contributed by atoms with Crippen LogP contribution in [0.5, 0.6) is 5.75 Å². The van der Waals surface area contributed by atoms with E-state index in [2.05, 4.69) is 9.97 Å². The lowest BCUT2D eigenvalue weighted by Gasteiger charge is -2.24. The van der Waals surface area contributed by atoms with E-state index in [0.717, 1.165) is 5.69 Å². The summed E-state index contributed by atoms with van der Waals surface area (Å²) in [6.45, 7) is 1.77. The van der Waals surface area contributed by atoms with E-state index >= 15 is 0 Å². The number of nitrogens with zero attached hydrogens (tertiary/aromatic N) is 3. The molecule has 0 unspecified atom stereocenters. The van der Waals surface area contributed by atoms with Crippen molar-refractivity contribution in [3.8, 4) is 5.75 Å². The first-order valence-electron chi connectivity index (χ1n) is 6.58. The zero-order valence-corrected chi connectivity index (χ0v) is 13.7. The SMILES string of the molecule is C[C@@H](c1ccncn1)N(C)C(=O)COc1ccc(Cl)cc1Cl. The second-order valence-corrected chi connectivity index (χ2v) is 5.52. The zero-order valence-electron chi connectivity index (χ0n) is 12.2. The van der Waals surface area contributed by atoms with Gasteiger partial charge in [0, 0.05) is 18.3 Å². The summed E-state index contributed by atoms with van der Waals surface area (Å²) in [6, 6.07) is 6.44. The molecule has 5 nitrogen and oxygen atoms in total. The standard InChI is InChI=1S/C15H15Cl2N3O2/c1-10(13-5-6-18-9-19-13)20(2)15(21)8-22-14-4-3-11(16)7-12(14)17/h3-7,9-10H,8H2,1-2H3/t10-/m0/s1. The van der Waals surface area contributed by atoms with E-state index < -0.39 is 0 Å². The molecule has 0 radical (unpaired) electrons. The van der Waals surface area contributed by atoms with E-state index in [1.807, 2.05) is 6.92 Å². The molecule has 0 fully saturated rings. The van der Waals surface area contributed by atoms with Crippen LogP contribution in [0.15, 0.2) is 36.8 Å². The lowest BCUT2D eigenvalue weighted by molar-refractivity contribution is -0.134. The fraction of sp³-hybridized carbons (Fsp3) is 0.267. The van der Waals surface area contributed by atoms with Crippen molar-refractivity contribution in [2.75, 3.05) is 13.7 Å². The molecule has 0 bridgehead atoms. The summed E-state index contributed by atoms with van der Waals surface area (Å²) in [6.07, 6.45) is 3.09. The summed E-state index contributed by atoms with van der Waals surface area (Å²) >= 11 is 11.8. The third kappa shape index (κ3) is 4.08. The number of amides is 1. The van der Waals surface area contributed by atoms with Gasteiger partial charge in [-0.25, -0.2) is 9.97 Å². The van der Waals surface area contributed by atoms with Gasteiger partial charge >= 0.3 is 0 Å². The van der Waals surface area contributed by atoms with E-state index in [0.29, 0.717) is 15.8 Å². The van der Waals surface area contributed by atoms with Gasteiger partial charge in [0.25, 0.3) is 5.91 Å². The highest BCUT2D eigenvalue weighted by atomic mass is 35.5. The van der Waals surface area contributed by atoms with Crippen LogP contribution in [0.1, 0.15) is 18.7 Å². The number of hydrogen-bond acceptors (Lipinski definition) is 4. The van der Waals surface area contributed by atoms with Crippen molar-refractivity contribution in [3.63, 3.8) is 0 Å². The molecule has 2 rings (SSSR count). The van der Waals surface area contributed by atoms with Crippen LogP contribution in [0.3, 0.4) is 0 Å². The van der Waals surface area contributed by atoms with E-state index in [1.54, 1.807) is 42.4 Å². The average molecular weight is 340 g/mol. The number of rotatable bonds is 5. The Labute approximate surface area is 138 Å². The molecule has 0 saturated carbocycles. The molecule has 0 N–H and O–H groups in total. The smallest absolute Gasteiger partial charge is 0.260 e. The normalized spacial score (nSPS) is 11.8. The molecule has 1 atom stereocenters. The van der Waals surface area contributed by atoms with E-state index in [-0.39, 0.29) is 18.6 Å². The summed E-state index contributed by atoms with van der Waals surface area (Å²) in [5, 5.41) is 0.880. The predicted molar refractivity (Wildman–Crippen MR) is 85.2 cm³/mol. The fourth-order valence-corrected chi connectivity index (χ4v) is 2.26. The molecule has 0 aliphatic heterocycles. The molecule has 0 saturated heterocycles. The van der Waals surface area contributed by atoms with Gasteiger partial charge in [-0.15, -0.1) is 0 Å². The van der Waals surface area contributed by atoms with Crippen molar-refractivity contribution in [1.29, 1.82) is 0 Å². The first-order valence-corrected chi connectivity index (χ1v) is 7.34. The highest BCUT2D eigenvalue weighted by Gasteiger charge is 2.19. The van der Waals surface area contributed by atoms with Crippen LogP contribution in [0.2, 0.25) is 10.0 Å². The Morgan fingerprint density at radius 2 is 2.14 bits per heavy atom. The van der Waals surface area contributed by atoms with Crippen LogP contribution in [-0.4, -0.2) is 34.4 Å². The highest BCUT2D eigenvalue weighted by Crippen LogP contribution is 2.27. The molecule has 1 aromatic carbocycles. The number of ether oxygens (including phenoxy) is 1. The van der Waals surface area contributed by atoms with Crippen molar-refractivity contribution >= 4 is 29.1 Å². The molecule has 22 heavy (non-hydrogen) atoms. The number of carbonyl (C=O) groups is 1. The Balaban J connectivity index is 1.97. The van der Waals surface area contributed by atoms with Crippen molar-refractivity contribution in [1.82, 2.24) is 14.9 Å². The maximum absolute atomic E-state index is 12.2. The van der Waals surface area contributed by atoms with Crippen molar-refractivity contribution in [3.05, 3.63) is 52.5 Å². The maximum Gasteiger partial charge on any atom is 0.260 e. The van der Waals surface area contributed by atoms with E-state index in [1.165, 1.54) is 6.33 Å². The third-order valence-corrected chi connectivity index (χ3v) is 3.78. The molecule has 1 aromatic heterocycles. The van der Waals surface area contributed by atoms with Gasteiger partial charge in [0.1, 0.15) is 12.1 Å². The van der Waals surface area contributed by atoms with E-state index in [4.69, 9.17) is 27.9 Å². The quantitative estimate of drug-likeness (QED) is 0.837. The topological polar surface area (TPSA) is 55.3 Å². The Morgan fingerprint density at radius 1 is 1.36 bits per heavy atom. The number of aromatic nitrogens is 2. The molecule has 0 aliphatic carbocycles. The molecule has 0 spiro atoms. The van der Waals surface area contributed by atoms with Gasteiger partial charge in [-0.1, -0.05) is 23.2 Å². The fourth-order valence-electron chi connectivity index (χ4n) is 1.80. The van der Waals surface area contributed by atoms with Crippen LogP contribution >= 0.6 is 23.2 Å². The molecule has 1 heterocycles. The Hall–Kier alpha value is -1.85. The van der Waals surface area contributed by atoms with Crippen LogP contribution in [0.4, 0.5) is 0 Å². The number of hydrogen-bond donors (Lipinski definition) is 0. The van der Waals surface area contributed by atoms with Gasteiger partial charge in [-0.05, 0) is 31.2 Å². The van der Waals surface area contributed by atoms with Crippen LogP contribution in [-0.2, 0) is 4.79 Å². The van der Waals surface area contributed by atoms with Gasteiger partial charge < -0.3 is 9.64 Å². The first-order chi connectivity index (χ1) is 10.5. The average Bonchev–Trinajstić information content (AvgIpc) is 2.53. The summed E-state index contributed by atoms with van der Waals surface area (Å²) in [5.41, 5.74) is 0.760. The van der Waals surface area contributed by atoms with Gasteiger partial charge in [-0.2, -0.15) is 0 Å². The lowest BCUT2D eigenvalue weighted by atomic mass is 10.2. The van der Waals surface area contributed by atoms with Gasteiger partial charge in [0.2, 0.25) is 0 Å². The number of carbonyl (C=O) groups excluding carboxylic acids is 1. The van der Waals surface area contributed by atoms with E-state index in [9.17, 15) is 4.79 Å². The number of benzene rings is 1. The molecular weight excluding hydrogens is 325 g/mol.